The summed E-state index contributed by atoms with van der Waals surface area (Å²) >= 11 is 6.23. The van der Waals surface area contributed by atoms with Crippen LogP contribution in [-0.2, 0) is 13.1 Å². The van der Waals surface area contributed by atoms with E-state index in [4.69, 9.17) is 16.3 Å². The molecule has 1 heterocycles. The Hall–Kier alpha value is -1.68. The van der Waals surface area contributed by atoms with Crippen LogP contribution in [0.15, 0.2) is 30.5 Å². The molecule has 1 aromatic heterocycles. The lowest BCUT2D eigenvalue weighted by atomic mass is 10.3. The van der Waals surface area contributed by atoms with Gasteiger partial charge in [0.05, 0.1) is 23.4 Å². The molecule has 0 aliphatic rings. The van der Waals surface area contributed by atoms with Gasteiger partial charge in [-0.1, -0.05) is 18.5 Å². The molecule has 0 unspecified atom stereocenters. The van der Waals surface area contributed by atoms with Gasteiger partial charge in [-0.15, -0.1) is 0 Å². The third kappa shape index (κ3) is 4.39. The van der Waals surface area contributed by atoms with E-state index in [2.05, 4.69) is 17.3 Å². The lowest BCUT2D eigenvalue weighted by Gasteiger charge is -2.13. The van der Waals surface area contributed by atoms with Crippen LogP contribution in [0.1, 0.15) is 32.9 Å². The fourth-order valence-corrected chi connectivity index (χ4v) is 2.30. The SMILES string of the molecule is CCCn1nccc1CNc1ccc(OC(C)C)c(Cl)c1. The summed E-state index contributed by atoms with van der Waals surface area (Å²) in [4.78, 5) is 0. The highest BCUT2D eigenvalue weighted by atomic mass is 35.5. The molecule has 0 aliphatic heterocycles. The number of ether oxygens (including phenoxy) is 1. The zero-order chi connectivity index (χ0) is 15.2. The van der Waals surface area contributed by atoms with Crippen molar-refractivity contribution in [3.05, 3.63) is 41.2 Å². The smallest absolute Gasteiger partial charge is 0.138 e. The zero-order valence-electron chi connectivity index (χ0n) is 12.8. The van der Waals surface area contributed by atoms with Crippen LogP contribution >= 0.6 is 11.6 Å². The molecule has 0 aliphatic carbocycles. The van der Waals surface area contributed by atoms with Gasteiger partial charge in [0.25, 0.3) is 0 Å². The number of aromatic nitrogens is 2. The number of nitrogens with one attached hydrogen (secondary N) is 1. The molecule has 21 heavy (non-hydrogen) atoms. The van der Waals surface area contributed by atoms with Gasteiger partial charge in [0, 0.05) is 18.4 Å². The molecule has 1 aromatic carbocycles. The number of halogens is 1. The number of anilines is 1. The summed E-state index contributed by atoms with van der Waals surface area (Å²) in [6.07, 6.45) is 3.02. The van der Waals surface area contributed by atoms with Crippen LogP contribution in [0.5, 0.6) is 5.75 Å². The van der Waals surface area contributed by atoms with Crippen LogP contribution in [0.2, 0.25) is 5.02 Å². The molecule has 0 amide bonds. The fourth-order valence-electron chi connectivity index (χ4n) is 2.08. The van der Waals surface area contributed by atoms with Gasteiger partial charge in [-0.25, -0.2) is 0 Å². The van der Waals surface area contributed by atoms with Crippen LogP contribution in [0.3, 0.4) is 0 Å². The normalized spacial score (nSPS) is 10.9. The standard InChI is InChI=1S/C16H22ClN3O/c1-4-9-20-14(7-8-19-20)11-18-13-5-6-16(15(17)10-13)21-12(2)3/h5-8,10,12,18H,4,9,11H2,1-3H3. The maximum Gasteiger partial charge on any atom is 0.138 e. The highest BCUT2D eigenvalue weighted by Crippen LogP contribution is 2.28. The molecular weight excluding hydrogens is 286 g/mol. The van der Waals surface area contributed by atoms with Crippen molar-refractivity contribution in [2.75, 3.05) is 5.32 Å². The van der Waals surface area contributed by atoms with Gasteiger partial charge >= 0.3 is 0 Å². The molecule has 0 saturated heterocycles. The highest BCUT2D eigenvalue weighted by molar-refractivity contribution is 6.32. The van der Waals surface area contributed by atoms with Crippen LogP contribution in [0, 0.1) is 0 Å². The minimum absolute atomic E-state index is 0.115. The van der Waals surface area contributed by atoms with Crippen LogP contribution < -0.4 is 10.1 Å². The van der Waals surface area contributed by atoms with Gasteiger partial charge in [0.2, 0.25) is 0 Å². The molecule has 5 heteroatoms. The second kappa shape index (κ2) is 7.36. The summed E-state index contributed by atoms with van der Waals surface area (Å²) in [5.41, 5.74) is 2.14. The predicted molar refractivity (Wildman–Crippen MR) is 87.1 cm³/mol. The van der Waals surface area contributed by atoms with Gasteiger partial charge in [-0.2, -0.15) is 5.10 Å². The van der Waals surface area contributed by atoms with Crippen molar-refractivity contribution >= 4 is 17.3 Å². The van der Waals surface area contributed by atoms with Crippen LogP contribution in [-0.4, -0.2) is 15.9 Å². The Morgan fingerprint density at radius 2 is 2.14 bits per heavy atom. The maximum atomic E-state index is 6.23. The molecule has 0 spiro atoms. The van der Waals surface area contributed by atoms with E-state index in [0.29, 0.717) is 10.8 Å². The maximum absolute atomic E-state index is 6.23. The summed E-state index contributed by atoms with van der Waals surface area (Å²) in [5.74, 6) is 0.716. The van der Waals surface area contributed by atoms with Crippen molar-refractivity contribution < 1.29 is 4.74 Å². The number of aryl methyl sites for hydroxylation is 1. The van der Waals surface area contributed by atoms with Crippen molar-refractivity contribution in [1.29, 1.82) is 0 Å². The first kappa shape index (κ1) is 15.7. The third-order valence-corrected chi connectivity index (χ3v) is 3.30. The number of nitrogens with zero attached hydrogens (tertiary/aromatic N) is 2. The highest BCUT2D eigenvalue weighted by Gasteiger charge is 2.06. The lowest BCUT2D eigenvalue weighted by Crippen LogP contribution is -2.09. The Morgan fingerprint density at radius 1 is 1.33 bits per heavy atom. The van der Waals surface area contributed by atoms with Crippen molar-refractivity contribution in [1.82, 2.24) is 9.78 Å². The van der Waals surface area contributed by atoms with Crippen molar-refractivity contribution in [3.63, 3.8) is 0 Å². The third-order valence-electron chi connectivity index (χ3n) is 3.01. The van der Waals surface area contributed by atoms with Crippen molar-refractivity contribution in [2.24, 2.45) is 0 Å². The summed E-state index contributed by atoms with van der Waals surface area (Å²) in [5, 5.41) is 8.30. The first-order valence-corrected chi connectivity index (χ1v) is 7.68. The molecule has 0 saturated carbocycles. The van der Waals surface area contributed by atoms with E-state index in [-0.39, 0.29) is 6.10 Å². The van der Waals surface area contributed by atoms with Gasteiger partial charge in [-0.3, -0.25) is 4.68 Å². The summed E-state index contributed by atoms with van der Waals surface area (Å²) in [6.45, 7) is 7.77. The topological polar surface area (TPSA) is 39.1 Å². The van der Waals surface area contributed by atoms with Gasteiger partial charge < -0.3 is 10.1 Å². The van der Waals surface area contributed by atoms with Gasteiger partial charge in [0.15, 0.2) is 0 Å². The molecule has 0 atom stereocenters. The predicted octanol–water partition coefficient (Wildman–Crippen LogP) is 4.35. The zero-order valence-corrected chi connectivity index (χ0v) is 13.5. The van der Waals surface area contributed by atoms with E-state index in [9.17, 15) is 0 Å². The first-order chi connectivity index (χ1) is 10.1. The molecule has 1 N–H and O–H groups in total. The van der Waals surface area contributed by atoms with E-state index in [1.54, 1.807) is 0 Å². The molecule has 2 aromatic rings. The van der Waals surface area contributed by atoms with Crippen LogP contribution in [0.4, 0.5) is 5.69 Å². The van der Waals surface area contributed by atoms with Crippen LogP contribution in [0.25, 0.3) is 0 Å². The molecule has 4 nitrogen and oxygen atoms in total. The Kier molecular flexibility index (Phi) is 5.51. The summed E-state index contributed by atoms with van der Waals surface area (Å²) < 4.78 is 7.65. The fraction of sp³-hybridized carbons (Fsp3) is 0.438. The molecule has 0 bridgehead atoms. The minimum Gasteiger partial charge on any atom is -0.489 e. The minimum atomic E-state index is 0.115. The molecule has 114 valence electrons. The second-order valence-corrected chi connectivity index (χ2v) is 5.62. The number of hydrogen-bond donors (Lipinski definition) is 1. The molecule has 2 rings (SSSR count). The average molecular weight is 308 g/mol. The van der Waals surface area contributed by atoms with E-state index < -0.39 is 0 Å². The second-order valence-electron chi connectivity index (χ2n) is 5.21. The monoisotopic (exact) mass is 307 g/mol. The van der Waals surface area contributed by atoms with Gasteiger partial charge in [0.1, 0.15) is 5.75 Å². The number of hydrogen-bond acceptors (Lipinski definition) is 3. The summed E-state index contributed by atoms with van der Waals surface area (Å²) in [7, 11) is 0. The summed E-state index contributed by atoms with van der Waals surface area (Å²) in [6, 6.07) is 7.79. The largest absolute Gasteiger partial charge is 0.489 e. The van der Waals surface area contributed by atoms with E-state index in [1.807, 2.05) is 49.0 Å². The number of benzene rings is 1. The lowest BCUT2D eigenvalue weighted by molar-refractivity contribution is 0.242. The van der Waals surface area contributed by atoms with E-state index in [1.165, 1.54) is 0 Å². The Morgan fingerprint density at radius 3 is 2.81 bits per heavy atom. The van der Waals surface area contributed by atoms with E-state index in [0.717, 1.165) is 30.9 Å². The van der Waals surface area contributed by atoms with E-state index >= 15 is 0 Å². The molecule has 0 fully saturated rings. The Labute approximate surface area is 131 Å². The Balaban J connectivity index is 2.00. The van der Waals surface area contributed by atoms with Gasteiger partial charge in [-0.05, 0) is 44.5 Å². The van der Waals surface area contributed by atoms with Crippen molar-refractivity contribution in [3.8, 4) is 5.75 Å². The quantitative estimate of drug-likeness (QED) is 0.826. The Bertz CT molecular complexity index is 581. The average Bonchev–Trinajstić information content (AvgIpc) is 2.87. The van der Waals surface area contributed by atoms with Crippen molar-refractivity contribution in [2.45, 2.75) is 46.4 Å². The molecular formula is C16H22ClN3O. The molecule has 0 radical (unpaired) electrons. The first-order valence-electron chi connectivity index (χ1n) is 7.31. The number of rotatable bonds is 7.